The van der Waals surface area contributed by atoms with E-state index in [1.165, 1.54) is 4.90 Å². The molecule has 1 aliphatic heterocycles. The molecule has 1 fully saturated rings. The number of hydrogen-bond acceptors (Lipinski definition) is 7. The highest BCUT2D eigenvalue weighted by molar-refractivity contribution is 6.46. The van der Waals surface area contributed by atoms with E-state index in [2.05, 4.69) is 6.92 Å². The number of amides is 1. The van der Waals surface area contributed by atoms with E-state index in [4.69, 9.17) is 14.2 Å². The minimum absolute atomic E-state index is 0.0581. The molecule has 1 aliphatic rings. The molecule has 1 amide bonds. The highest BCUT2D eigenvalue weighted by Crippen LogP contribution is 2.42. The fraction of sp³-hybridized carbons (Fsp3) is 0.484. The maximum atomic E-state index is 13.4. The number of methoxy groups -OCH3 is 1. The van der Waals surface area contributed by atoms with E-state index >= 15 is 0 Å². The lowest BCUT2D eigenvalue weighted by molar-refractivity contribution is -0.140. The molecule has 3 rings (SSSR count). The van der Waals surface area contributed by atoms with Crippen LogP contribution in [-0.4, -0.2) is 74.1 Å². The van der Waals surface area contributed by atoms with Crippen molar-refractivity contribution in [2.45, 2.75) is 52.5 Å². The van der Waals surface area contributed by atoms with Gasteiger partial charge in [0, 0.05) is 18.7 Å². The lowest BCUT2D eigenvalue weighted by Gasteiger charge is -2.27. The summed E-state index contributed by atoms with van der Waals surface area (Å²) >= 11 is 0. The van der Waals surface area contributed by atoms with Gasteiger partial charge in [-0.25, -0.2) is 0 Å². The standard InChI is InChI=1S/C31H42N2O6/c1-7-9-10-18-39-25-14-11-22(20-26(25)37-6)28-27(30(35)31(36)33(28)16-15-32(4)5)29(34)24-13-12-23(19-21(24)3)38-17-8-2/h11-14,19-20,28,34H,7-10,15-18H2,1-6H3. The maximum Gasteiger partial charge on any atom is 0.295 e. The van der Waals surface area contributed by atoms with E-state index in [1.807, 2.05) is 45.0 Å². The van der Waals surface area contributed by atoms with E-state index in [0.29, 0.717) is 54.7 Å². The zero-order chi connectivity index (χ0) is 28.5. The molecule has 0 aliphatic carbocycles. The van der Waals surface area contributed by atoms with Crippen molar-refractivity contribution in [2.24, 2.45) is 0 Å². The number of aliphatic hydroxyl groups excluding tert-OH is 1. The van der Waals surface area contributed by atoms with Crippen LogP contribution in [0.1, 0.15) is 62.3 Å². The summed E-state index contributed by atoms with van der Waals surface area (Å²) in [6.45, 7) is 8.05. The Hall–Kier alpha value is -3.52. The van der Waals surface area contributed by atoms with E-state index < -0.39 is 17.7 Å². The highest BCUT2D eigenvalue weighted by Gasteiger charge is 2.46. The normalized spacial score (nSPS) is 16.7. The number of likely N-dealkylation sites (N-methyl/N-ethyl adjacent to an activating group) is 1. The third-order valence-corrected chi connectivity index (χ3v) is 6.76. The number of nitrogens with zero attached hydrogens (tertiary/aromatic N) is 2. The lowest BCUT2D eigenvalue weighted by Crippen LogP contribution is -2.35. The predicted octanol–water partition coefficient (Wildman–Crippen LogP) is 5.34. The van der Waals surface area contributed by atoms with Crippen molar-refractivity contribution in [3.8, 4) is 17.2 Å². The molecule has 8 nitrogen and oxygen atoms in total. The van der Waals surface area contributed by atoms with E-state index in [1.54, 1.807) is 31.4 Å². The van der Waals surface area contributed by atoms with Gasteiger partial charge < -0.3 is 29.1 Å². The van der Waals surface area contributed by atoms with Crippen molar-refractivity contribution in [1.29, 1.82) is 0 Å². The van der Waals surface area contributed by atoms with Crippen molar-refractivity contribution in [3.63, 3.8) is 0 Å². The van der Waals surface area contributed by atoms with E-state index in [9.17, 15) is 14.7 Å². The topological polar surface area (TPSA) is 88.5 Å². The first kappa shape index (κ1) is 30.0. The second-order valence-electron chi connectivity index (χ2n) is 10.1. The Balaban J connectivity index is 2.08. The van der Waals surface area contributed by atoms with Gasteiger partial charge in [-0.2, -0.15) is 0 Å². The number of aliphatic hydroxyl groups is 1. The third kappa shape index (κ3) is 7.12. The number of likely N-dealkylation sites (tertiary alicyclic amines) is 1. The Kier molecular flexibility index (Phi) is 10.8. The first-order valence-electron chi connectivity index (χ1n) is 13.7. The Morgan fingerprint density at radius 3 is 2.38 bits per heavy atom. The van der Waals surface area contributed by atoms with Gasteiger partial charge in [0.05, 0.1) is 31.9 Å². The van der Waals surface area contributed by atoms with E-state index in [-0.39, 0.29) is 11.3 Å². The molecule has 39 heavy (non-hydrogen) atoms. The number of carbonyl (C=O) groups excluding carboxylic acids is 2. The highest BCUT2D eigenvalue weighted by atomic mass is 16.5. The number of aryl methyl sites for hydroxylation is 1. The van der Waals surface area contributed by atoms with Crippen molar-refractivity contribution < 1.29 is 28.9 Å². The largest absolute Gasteiger partial charge is 0.507 e. The number of Topliss-reactive ketones (excluding diaryl/α,β-unsaturated/α-hetero) is 1. The summed E-state index contributed by atoms with van der Waals surface area (Å²) in [5.74, 6) is 0.248. The zero-order valence-corrected chi connectivity index (χ0v) is 24.1. The van der Waals surface area contributed by atoms with Crippen LogP contribution >= 0.6 is 0 Å². The van der Waals surface area contributed by atoms with Gasteiger partial charge in [-0.15, -0.1) is 0 Å². The number of ether oxygens (including phenoxy) is 3. The molecular weight excluding hydrogens is 496 g/mol. The van der Waals surface area contributed by atoms with Gasteiger partial charge >= 0.3 is 0 Å². The summed E-state index contributed by atoms with van der Waals surface area (Å²) in [5.41, 5.74) is 1.95. The molecule has 2 aromatic carbocycles. The summed E-state index contributed by atoms with van der Waals surface area (Å²) in [6, 6.07) is 9.97. The molecule has 0 bridgehead atoms. The maximum absolute atomic E-state index is 13.4. The molecule has 8 heteroatoms. The van der Waals surface area contributed by atoms with Gasteiger partial charge in [0.1, 0.15) is 11.5 Å². The van der Waals surface area contributed by atoms with Crippen molar-refractivity contribution in [3.05, 3.63) is 58.7 Å². The monoisotopic (exact) mass is 538 g/mol. The van der Waals surface area contributed by atoms with Gasteiger partial charge in [-0.1, -0.05) is 32.8 Å². The quantitative estimate of drug-likeness (QED) is 0.150. The molecule has 1 unspecified atom stereocenters. The average molecular weight is 539 g/mol. The van der Waals surface area contributed by atoms with Gasteiger partial charge in [-0.3, -0.25) is 9.59 Å². The van der Waals surface area contributed by atoms with Crippen LogP contribution in [0.5, 0.6) is 17.2 Å². The van der Waals surface area contributed by atoms with Gasteiger partial charge in [-0.05, 0) is 75.3 Å². The number of hydrogen-bond donors (Lipinski definition) is 1. The van der Waals surface area contributed by atoms with Gasteiger partial charge in [0.15, 0.2) is 11.5 Å². The van der Waals surface area contributed by atoms with Gasteiger partial charge in [0.25, 0.3) is 11.7 Å². The molecule has 0 saturated carbocycles. The number of benzene rings is 2. The number of unbranched alkanes of at least 4 members (excludes halogenated alkanes) is 2. The smallest absolute Gasteiger partial charge is 0.295 e. The van der Waals surface area contributed by atoms with Crippen LogP contribution in [0.25, 0.3) is 5.76 Å². The molecule has 1 saturated heterocycles. The average Bonchev–Trinajstić information content (AvgIpc) is 3.17. The molecule has 0 radical (unpaired) electrons. The van der Waals surface area contributed by atoms with Crippen LogP contribution in [-0.2, 0) is 9.59 Å². The first-order chi connectivity index (χ1) is 18.7. The Morgan fingerprint density at radius 1 is 0.974 bits per heavy atom. The van der Waals surface area contributed by atoms with Crippen LogP contribution in [0.4, 0.5) is 0 Å². The minimum atomic E-state index is -0.775. The lowest BCUT2D eigenvalue weighted by atomic mass is 9.93. The van der Waals surface area contributed by atoms with E-state index in [0.717, 1.165) is 31.2 Å². The number of carbonyl (C=O) groups is 2. The number of ketones is 1. The molecule has 1 heterocycles. The SMILES string of the molecule is CCCCCOc1ccc(C2C(=C(O)c3ccc(OCCC)cc3C)C(=O)C(=O)N2CCN(C)C)cc1OC. The fourth-order valence-electron chi connectivity index (χ4n) is 4.63. The summed E-state index contributed by atoms with van der Waals surface area (Å²) in [5, 5.41) is 11.5. The first-order valence-corrected chi connectivity index (χ1v) is 13.7. The van der Waals surface area contributed by atoms with Crippen LogP contribution in [0.3, 0.4) is 0 Å². The Morgan fingerprint density at radius 2 is 1.74 bits per heavy atom. The summed E-state index contributed by atoms with van der Waals surface area (Å²) in [7, 11) is 5.38. The Labute approximate surface area is 232 Å². The summed E-state index contributed by atoms with van der Waals surface area (Å²) < 4.78 is 17.3. The van der Waals surface area contributed by atoms with Crippen molar-refractivity contribution in [2.75, 3.05) is 47.5 Å². The van der Waals surface area contributed by atoms with Crippen LogP contribution in [0.15, 0.2) is 42.0 Å². The number of rotatable bonds is 14. The third-order valence-electron chi connectivity index (χ3n) is 6.76. The molecule has 0 spiro atoms. The Bertz CT molecular complexity index is 1190. The molecule has 1 atom stereocenters. The fourth-order valence-corrected chi connectivity index (χ4v) is 4.63. The molecular formula is C31H42N2O6. The summed E-state index contributed by atoms with van der Waals surface area (Å²) in [6.07, 6.45) is 3.99. The van der Waals surface area contributed by atoms with Crippen LogP contribution < -0.4 is 14.2 Å². The van der Waals surface area contributed by atoms with Gasteiger partial charge in [0.2, 0.25) is 0 Å². The van der Waals surface area contributed by atoms with Crippen molar-refractivity contribution >= 4 is 17.4 Å². The molecule has 212 valence electrons. The van der Waals surface area contributed by atoms with Crippen molar-refractivity contribution in [1.82, 2.24) is 9.80 Å². The predicted molar refractivity (Wildman–Crippen MR) is 153 cm³/mol. The van der Waals surface area contributed by atoms with Crippen LogP contribution in [0, 0.1) is 6.92 Å². The second-order valence-corrected chi connectivity index (χ2v) is 10.1. The summed E-state index contributed by atoms with van der Waals surface area (Å²) in [4.78, 5) is 30.1. The van der Waals surface area contributed by atoms with Crippen LogP contribution in [0.2, 0.25) is 0 Å². The molecule has 0 aromatic heterocycles. The molecule has 1 N–H and O–H groups in total. The molecule has 2 aromatic rings. The zero-order valence-electron chi connectivity index (χ0n) is 24.1. The minimum Gasteiger partial charge on any atom is -0.507 e. The second kappa shape index (κ2) is 14.0.